The highest BCUT2D eigenvalue weighted by Crippen LogP contribution is 2.22. The molecule has 0 aliphatic heterocycles. The Morgan fingerprint density at radius 2 is 1.11 bits per heavy atom. The third-order valence-corrected chi connectivity index (χ3v) is 2.60. The molecule has 0 bridgehead atoms. The van der Waals surface area contributed by atoms with Crippen molar-refractivity contribution in [2.75, 3.05) is 0 Å². The Balaban J connectivity index is 0.000000357. The molecule has 3 nitrogen and oxygen atoms in total. The Labute approximate surface area is 108 Å². The smallest absolute Gasteiger partial charge is 0.134 e. The van der Waals surface area contributed by atoms with E-state index < -0.39 is 8.25 Å². The molecule has 0 heterocycles. The first-order valence-electron chi connectivity index (χ1n) is 5.56. The van der Waals surface area contributed by atoms with Crippen molar-refractivity contribution in [2.45, 2.75) is 12.8 Å². The summed E-state index contributed by atoms with van der Waals surface area (Å²) in [6.07, 6.45) is 0. The molecule has 94 valence electrons. The van der Waals surface area contributed by atoms with Gasteiger partial charge in [0.15, 0.2) is 0 Å². The highest BCUT2D eigenvalue weighted by atomic mass is 31.1. The quantitative estimate of drug-likeness (QED) is 0.816. The van der Waals surface area contributed by atoms with E-state index in [1.54, 1.807) is 0 Å². The lowest BCUT2D eigenvalue weighted by molar-refractivity contribution is 0.405. The van der Waals surface area contributed by atoms with Crippen LogP contribution in [-0.2, 0) is 4.57 Å². The summed E-state index contributed by atoms with van der Waals surface area (Å²) < 4.78 is 8.70. The van der Waals surface area contributed by atoms with E-state index >= 15 is 0 Å². The van der Waals surface area contributed by atoms with E-state index in [0.29, 0.717) is 5.92 Å². The minimum atomic E-state index is -2.87. The molecule has 0 unspecified atom stereocenters. The molecule has 0 saturated heterocycles. The maximum absolute atomic E-state index is 8.70. The lowest BCUT2D eigenvalue weighted by Crippen LogP contribution is -1.94. The Bertz CT molecular complexity index is 427. The summed E-state index contributed by atoms with van der Waals surface area (Å²) in [6.45, 7) is 2.24. The standard InChI is InChI=1S/C14H14.HO3P/c1-12(13-8-4-2-5-9-13)14-10-6-3-7-11-14;1-4(2)3/h2-12H,1H3;(H-,1,2,3)/p+1. The number of benzene rings is 2. The summed E-state index contributed by atoms with van der Waals surface area (Å²) in [7, 11) is -2.87. The monoisotopic (exact) mass is 263 g/mol. The van der Waals surface area contributed by atoms with Crippen molar-refractivity contribution in [1.82, 2.24) is 0 Å². The normalized spacial score (nSPS) is 9.56. The second-order valence-electron chi connectivity index (χ2n) is 3.80. The molecule has 2 aromatic carbocycles. The number of rotatable bonds is 2. The van der Waals surface area contributed by atoms with E-state index in [1.165, 1.54) is 11.1 Å². The average molecular weight is 263 g/mol. The SMILES string of the molecule is CC(c1ccccc1)c1ccccc1.O=[P+](O)O. The predicted molar refractivity (Wildman–Crippen MR) is 72.4 cm³/mol. The van der Waals surface area contributed by atoms with E-state index in [-0.39, 0.29) is 0 Å². The maximum Gasteiger partial charge on any atom is 0.692 e. The van der Waals surface area contributed by atoms with Crippen LogP contribution in [0.5, 0.6) is 0 Å². The van der Waals surface area contributed by atoms with E-state index in [4.69, 9.17) is 14.4 Å². The maximum atomic E-state index is 8.70. The first-order chi connectivity index (χ1) is 8.61. The first kappa shape index (κ1) is 14.5. The van der Waals surface area contributed by atoms with Gasteiger partial charge in [-0.2, -0.15) is 0 Å². The molecule has 0 aliphatic carbocycles. The molecule has 2 aromatic rings. The van der Waals surface area contributed by atoms with E-state index in [9.17, 15) is 0 Å². The van der Waals surface area contributed by atoms with Gasteiger partial charge in [-0.05, 0) is 11.1 Å². The second kappa shape index (κ2) is 7.72. The number of hydrogen-bond acceptors (Lipinski definition) is 1. The van der Waals surface area contributed by atoms with E-state index in [0.717, 1.165) is 0 Å². The molecule has 4 heteroatoms. The van der Waals surface area contributed by atoms with Gasteiger partial charge in [-0.25, -0.2) is 0 Å². The van der Waals surface area contributed by atoms with Gasteiger partial charge in [0.1, 0.15) is 0 Å². The Morgan fingerprint density at radius 1 is 0.833 bits per heavy atom. The predicted octanol–water partition coefficient (Wildman–Crippen LogP) is 3.47. The largest absolute Gasteiger partial charge is 0.692 e. The van der Waals surface area contributed by atoms with Gasteiger partial charge in [0, 0.05) is 10.5 Å². The fourth-order valence-electron chi connectivity index (χ4n) is 1.68. The topological polar surface area (TPSA) is 57.5 Å². The third kappa shape index (κ3) is 5.19. The zero-order valence-corrected chi connectivity index (χ0v) is 11.0. The molecule has 0 atom stereocenters. The van der Waals surface area contributed by atoms with Crippen LogP contribution in [-0.4, -0.2) is 9.79 Å². The van der Waals surface area contributed by atoms with E-state index in [2.05, 4.69) is 67.6 Å². The van der Waals surface area contributed by atoms with Gasteiger partial charge in [0.2, 0.25) is 0 Å². The van der Waals surface area contributed by atoms with Crippen molar-refractivity contribution >= 4 is 8.25 Å². The van der Waals surface area contributed by atoms with Crippen molar-refractivity contribution in [3.63, 3.8) is 0 Å². The van der Waals surface area contributed by atoms with Crippen LogP contribution in [0.4, 0.5) is 0 Å². The average Bonchev–Trinajstić information content (AvgIpc) is 2.39. The highest BCUT2D eigenvalue weighted by molar-refractivity contribution is 7.30. The molecular formula is C14H16O3P+. The minimum Gasteiger partial charge on any atom is -0.134 e. The fraction of sp³-hybridized carbons (Fsp3) is 0.143. The summed E-state index contributed by atoms with van der Waals surface area (Å²) in [5, 5.41) is 0. The van der Waals surface area contributed by atoms with Crippen molar-refractivity contribution in [2.24, 2.45) is 0 Å². The van der Waals surface area contributed by atoms with Crippen LogP contribution < -0.4 is 0 Å². The molecule has 0 saturated carbocycles. The lowest BCUT2D eigenvalue weighted by atomic mass is 9.93. The third-order valence-electron chi connectivity index (χ3n) is 2.60. The van der Waals surface area contributed by atoms with Crippen LogP contribution in [0.3, 0.4) is 0 Å². The summed E-state index contributed by atoms with van der Waals surface area (Å²) in [5.74, 6) is 0.484. The van der Waals surface area contributed by atoms with Gasteiger partial charge in [-0.15, -0.1) is 9.79 Å². The highest BCUT2D eigenvalue weighted by Gasteiger charge is 2.05. The molecule has 0 spiro atoms. The van der Waals surface area contributed by atoms with Crippen LogP contribution in [0, 0.1) is 0 Å². The first-order valence-corrected chi connectivity index (χ1v) is 6.72. The van der Waals surface area contributed by atoms with Crippen LogP contribution >= 0.6 is 8.25 Å². The Kier molecular flexibility index (Phi) is 6.23. The summed E-state index contributed by atoms with van der Waals surface area (Å²) in [6, 6.07) is 21.2. The van der Waals surface area contributed by atoms with Crippen molar-refractivity contribution in [1.29, 1.82) is 0 Å². The Morgan fingerprint density at radius 3 is 1.39 bits per heavy atom. The van der Waals surface area contributed by atoms with Crippen LogP contribution in [0.2, 0.25) is 0 Å². The van der Waals surface area contributed by atoms with Crippen molar-refractivity contribution in [3.05, 3.63) is 71.8 Å². The van der Waals surface area contributed by atoms with Gasteiger partial charge >= 0.3 is 8.25 Å². The lowest BCUT2D eigenvalue weighted by Gasteiger charge is -2.11. The van der Waals surface area contributed by atoms with Gasteiger partial charge in [0.25, 0.3) is 0 Å². The Hall–Kier alpha value is -1.54. The van der Waals surface area contributed by atoms with Gasteiger partial charge in [0.05, 0.1) is 0 Å². The zero-order chi connectivity index (χ0) is 13.4. The minimum absolute atomic E-state index is 0.484. The van der Waals surface area contributed by atoms with Crippen LogP contribution in [0.15, 0.2) is 60.7 Å². The molecule has 2 N–H and O–H groups in total. The van der Waals surface area contributed by atoms with Crippen LogP contribution in [0.1, 0.15) is 24.0 Å². The molecule has 18 heavy (non-hydrogen) atoms. The second-order valence-corrected chi connectivity index (χ2v) is 4.30. The fourth-order valence-corrected chi connectivity index (χ4v) is 1.68. The van der Waals surface area contributed by atoms with Gasteiger partial charge < -0.3 is 0 Å². The van der Waals surface area contributed by atoms with Crippen LogP contribution in [0.25, 0.3) is 0 Å². The summed E-state index contributed by atoms with van der Waals surface area (Å²) >= 11 is 0. The number of hydrogen-bond donors (Lipinski definition) is 2. The molecule has 0 radical (unpaired) electrons. The molecule has 0 amide bonds. The summed E-state index contributed by atoms with van der Waals surface area (Å²) in [5.41, 5.74) is 2.75. The van der Waals surface area contributed by atoms with Crippen molar-refractivity contribution in [3.8, 4) is 0 Å². The van der Waals surface area contributed by atoms with Gasteiger partial charge in [-0.1, -0.05) is 67.6 Å². The molecular weight excluding hydrogens is 247 g/mol. The molecule has 0 aliphatic rings. The van der Waals surface area contributed by atoms with Gasteiger partial charge in [-0.3, -0.25) is 0 Å². The van der Waals surface area contributed by atoms with E-state index in [1.807, 2.05) is 0 Å². The molecule has 0 fully saturated rings. The summed E-state index contributed by atoms with van der Waals surface area (Å²) in [4.78, 5) is 14.2. The molecule has 0 aromatic heterocycles. The van der Waals surface area contributed by atoms with Crippen molar-refractivity contribution < 1.29 is 14.4 Å². The zero-order valence-electron chi connectivity index (χ0n) is 10.1. The molecule has 2 rings (SSSR count).